The average molecular weight is 223 g/mol. The van der Waals surface area contributed by atoms with Crippen LogP contribution in [0.1, 0.15) is 52.9 Å². The molecule has 0 aromatic heterocycles. The van der Waals surface area contributed by atoms with Gasteiger partial charge in [0.2, 0.25) is 0 Å². The van der Waals surface area contributed by atoms with Crippen molar-refractivity contribution in [1.82, 2.24) is 4.90 Å². The third-order valence-corrected chi connectivity index (χ3v) is 5.78. The summed E-state index contributed by atoms with van der Waals surface area (Å²) < 4.78 is 0. The first-order valence-corrected chi connectivity index (χ1v) is 6.80. The van der Waals surface area contributed by atoms with Gasteiger partial charge in [0, 0.05) is 6.04 Å². The van der Waals surface area contributed by atoms with Gasteiger partial charge in [0.1, 0.15) is 0 Å². The topological polar surface area (TPSA) is 23.5 Å². The third kappa shape index (κ3) is 1.39. The summed E-state index contributed by atoms with van der Waals surface area (Å²) in [5.41, 5.74) is 0.330. The van der Waals surface area contributed by atoms with Crippen molar-refractivity contribution in [3.8, 4) is 0 Å². The fraction of sp³-hybridized carbons (Fsp3) is 1.00. The van der Waals surface area contributed by atoms with E-state index in [1.54, 1.807) is 0 Å². The fourth-order valence-corrected chi connectivity index (χ4v) is 4.88. The molecule has 0 bridgehead atoms. The Balaban J connectivity index is 1.80. The second kappa shape index (κ2) is 3.02. The van der Waals surface area contributed by atoms with Crippen LogP contribution in [0.3, 0.4) is 0 Å². The maximum Gasteiger partial charge on any atom is 0.0630 e. The lowest BCUT2D eigenvalue weighted by Gasteiger charge is -2.38. The van der Waals surface area contributed by atoms with Gasteiger partial charge in [-0.15, -0.1) is 0 Å². The van der Waals surface area contributed by atoms with Crippen LogP contribution in [-0.2, 0) is 0 Å². The van der Waals surface area contributed by atoms with E-state index < -0.39 is 5.60 Å². The lowest BCUT2D eigenvalue weighted by molar-refractivity contribution is 0.0383. The Morgan fingerprint density at radius 2 is 1.50 bits per heavy atom. The van der Waals surface area contributed by atoms with Crippen LogP contribution in [0.25, 0.3) is 0 Å². The van der Waals surface area contributed by atoms with Crippen molar-refractivity contribution in [3.63, 3.8) is 0 Å². The van der Waals surface area contributed by atoms with Crippen molar-refractivity contribution in [1.29, 1.82) is 0 Å². The number of fused-ring (bicyclic) bond motifs is 1. The molecular formula is C14H25NO. The normalized spacial score (nSPS) is 57.4. The molecule has 2 nitrogen and oxygen atoms in total. The molecule has 2 saturated carbocycles. The number of hydrogen-bond donors (Lipinski definition) is 1. The molecular weight excluding hydrogens is 198 g/mol. The SMILES string of the molecule is CC1(O)CC2(C)CC(N3CCC3)CC2(C)C1. The van der Waals surface area contributed by atoms with Crippen LogP contribution in [0.5, 0.6) is 0 Å². The van der Waals surface area contributed by atoms with Gasteiger partial charge in [-0.2, -0.15) is 0 Å². The van der Waals surface area contributed by atoms with Crippen LogP contribution in [-0.4, -0.2) is 34.7 Å². The second-order valence-electron chi connectivity index (χ2n) is 7.42. The summed E-state index contributed by atoms with van der Waals surface area (Å²) in [6, 6.07) is 0.805. The molecule has 0 aromatic rings. The maximum atomic E-state index is 10.3. The monoisotopic (exact) mass is 223 g/mol. The van der Waals surface area contributed by atoms with E-state index in [0.29, 0.717) is 10.8 Å². The molecule has 16 heavy (non-hydrogen) atoms. The van der Waals surface area contributed by atoms with E-state index in [0.717, 1.165) is 18.9 Å². The number of likely N-dealkylation sites (tertiary alicyclic amines) is 1. The van der Waals surface area contributed by atoms with Gasteiger partial charge in [0.05, 0.1) is 5.60 Å². The van der Waals surface area contributed by atoms with E-state index in [2.05, 4.69) is 18.7 Å². The van der Waals surface area contributed by atoms with Crippen molar-refractivity contribution in [3.05, 3.63) is 0 Å². The average Bonchev–Trinajstić information content (AvgIpc) is 2.23. The van der Waals surface area contributed by atoms with Crippen LogP contribution in [0.2, 0.25) is 0 Å². The highest BCUT2D eigenvalue weighted by Crippen LogP contribution is 2.66. The second-order valence-corrected chi connectivity index (χ2v) is 7.42. The molecule has 0 amide bonds. The minimum atomic E-state index is -0.413. The number of nitrogens with zero attached hydrogens (tertiary/aromatic N) is 1. The molecule has 2 aliphatic carbocycles. The van der Waals surface area contributed by atoms with Crippen LogP contribution in [0.15, 0.2) is 0 Å². The van der Waals surface area contributed by atoms with Crippen LogP contribution >= 0.6 is 0 Å². The van der Waals surface area contributed by atoms with Crippen molar-refractivity contribution in [2.24, 2.45) is 10.8 Å². The van der Waals surface area contributed by atoms with Gasteiger partial charge in [-0.3, -0.25) is 0 Å². The predicted molar refractivity (Wildman–Crippen MR) is 65.3 cm³/mol. The first kappa shape index (κ1) is 11.0. The summed E-state index contributed by atoms with van der Waals surface area (Å²) in [5, 5.41) is 10.3. The van der Waals surface area contributed by atoms with E-state index in [-0.39, 0.29) is 0 Å². The number of hydrogen-bond acceptors (Lipinski definition) is 2. The zero-order valence-corrected chi connectivity index (χ0v) is 10.9. The van der Waals surface area contributed by atoms with Crippen LogP contribution in [0.4, 0.5) is 0 Å². The van der Waals surface area contributed by atoms with Gasteiger partial charge < -0.3 is 10.0 Å². The molecule has 1 heterocycles. The standard InChI is InChI=1S/C14H25NO/c1-12-7-11(15-5-4-6-15)8-13(12,2)10-14(3,16)9-12/h11,16H,4-10H2,1-3H3. The Morgan fingerprint density at radius 3 is 1.88 bits per heavy atom. The first-order chi connectivity index (χ1) is 7.34. The molecule has 0 aromatic carbocycles. The summed E-state index contributed by atoms with van der Waals surface area (Å²) in [6.07, 6.45) is 6.00. The Morgan fingerprint density at radius 1 is 1.00 bits per heavy atom. The minimum absolute atomic E-state index is 0.372. The molecule has 1 N–H and O–H groups in total. The first-order valence-electron chi connectivity index (χ1n) is 6.80. The lowest BCUT2D eigenvalue weighted by Crippen LogP contribution is -2.44. The van der Waals surface area contributed by atoms with Gasteiger partial charge >= 0.3 is 0 Å². The summed E-state index contributed by atoms with van der Waals surface area (Å²) >= 11 is 0. The van der Waals surface area contributed by atoms with E-state index >= 15 is 0 Å². The third-order valence-electron chi connectivity index (χ3n) is 5.78. The Kier molecular flexibility index (Phi) is 2.09. The van der Waals surface area contributed by atoms with E-state index in [4.69, 9.17) is 0 Å². The zero-order chi connectivity index (χ0) is 11.6. The highest BCUT2D eigenvalue weighted by Gasteiger charge is 2.62. The van der Waals surface area contributed by atoms with Gasteiger partial charge in [-0.1, -0.05) is 13.8 Å². The van der Waals surface area contributed by atoms with Crippen LogP contribution < -0.4 is 0 Å². The zero-order valence-electron chi connectivity index (χ0n) is 10.9. The molecule has 3 rings (SSSR count). The molecule has 3 fully saturated rings. The predicted octanol–water partition coefficient (Wildman–Crippen LogP) is 2.41. The Labute approximate surface area is 99.0 Å². The largest absolute Gasteiger partial charge is 0.390 e. The van der Waals surface area contributed by atoms with E-state index in [9.17, 15) is 5.11 Å². The minimum Gasteiger partial charge on any atom is -0.390 e. The quantitative estimate of drug-likeness (QED) is 0.738. The molecule has 3 aliphatic rings. The van der Waals surface area contributed by atoms with Gasteiger partial charge in [-0.05, 0) is 62.9 Å². The van der Waals surface area contributed by atoms with Crippen molar-refractivity contribution in [2.45, 2.75) is 64.5 Å². The summed E-state index contributed by atoms with van der Waals surface area (Å²) in [7, 11) is 0. The van der Waals surface area contributed by atoms with Crippen molar-refractivity contribution >= 4 is 0 Å². The van der Waals surface area contributed by atoms with Gasteiger partial charge in [0.15, 0.2) is 0 Å². The summed E-state index contributed by atoms with van der Waals surface area (Å²) in [4.78, 5) is 2.66. The highest BCUT2D eigenvalue weighted by molar-refractivity contribution is 5.13. The van der Waals surface area contributed by atoms with E-state index in [1.165, 1.54) is 32.4 Å². The molecule has 0 spiro atoms. The van der Waals surface area contributed by atoms with Gasteiger partial charge in [-0.25, -0.2) is 0 Å². The van der Waals surface area contributed by atoms with E-state index in [1.807, 2.05) is 6.92 Å². The van der Waals surface area contributed by atoms with Gasteiger partial charge in [0.25, 0.3) is 0 Å². The van der Waals surface area contributed by atoms with Crippen molar-refractivity contribution in [2.75, 3.05) is 13.1 Å². The molecule has 0 radical (unpaired) electrons. The summed E-state index contributed by atoms with van der Waals surface area (Å²) in [6.45, 7) is 9.48. The summed E-state index contributed by atoms with van der Waals surface area (Å²) in [5.74, 6) is 0. The van der Waals surface area contributed by atoms with Crippen molar-refractivity contribution < 1.29 is 5.11 Å². The highest BCUT2D eigenvalue weighted by atomic mass is 16.3. The molecule has 2 atom stereocenters. The number of rotatable bonds is 1. The molecule has 1 saturated heterocycles. The number of aliphatic hydroxyl groups is 1. The smallest absolute Gasteiger partial charge is 0.0630 e. The fourth-order valence-electron chi connectivity index (χ4n) is 4.88. The molecule has 92 valence electrons. The molecule has 1 aliphatic heterocycles. The Bertz CT molecular complexity index is 288. The Hall–Kier alpha value is -0.0800. The maximum absolute atomic E-state index is 10.3. The molecule has 2 unspecified atom stereocenters. The lowest BCUT2D eigenvalue weighted by atomic mass is 9.71. The van der Waals surface area contributed by atoms with Crippen LogP contribution in [0, 0.1) is 10.8 Å². The molecule has 2 heteroatoms.